The standard InChI is InChI=1S/C18H28N2O/c1-4-11-19-17-10-9-14(2)13-16(17)18(21)20-12-7-5-6-8-15(20)3/h9-10,13,15,19H,4-8,11-12H2,1-3H3. The van der Waals surface area contributed by atoms with Crippen LogP contribution in [0, 0.1) is 6.92 Å². The Morgan fingerprint density at radius 2 is 2.14 bits per heavy atom. The van der Waals surface area contributed by atoms with Gasteiger partial charge in [0.1, 0.15) is 0 Å². The molecule has 1 aromatic rings. The molecule has 1 fully saturated rings. The minimum absolute atomic E-state index is 0.187. The van der Waals surface area contributed by atoms with Crippen molar-refractivity contribution in [1.29, 1.82) is 0 Å². The maximum absolute atomic E-state index is 13.0. The lowest BCUT2D eigenvalue weighted by Crippen LogP contribution is -2.38. The molecule has 1 atom stereocenters. The maximum atomic E-state index is 13.0. The molecular formula is C18H28N2O. The molecule has 1 aromatic carbocycles. The van der Waals surface area contributed by atoms with E-state index in [1.807, 2.05) is 19.1 Å². The second kappa shape index (κ2) is 7.48. The summed E-state index contributed by atoms with van der Waals surface area (Å²) < 4.78 is 0. The number of aryl methyl sites for hydroxylation is 1. The fourth-order valence-corrected chi connectivity index (χ4v) is 2.98. The summed E-state index contributed by atoms with van der Waals surface area (Å²) >= 11 is 0. The first-order valence-electron chi connectivity index (χ1n) is 8.29. The molecule has 1 heterocycles. The van der Waals surface area contributed by atoms with Crippen LogP contribution in [0.3, 0.4) is 0 Å². The lowest BCUT2D eigenvalue weighted by atomic mass is 10.1. The molecule has 0 radical (unpaired) electrons. The van der Waals surface area contributed by atoms with Crippen molar-refractivity contribution in [3.8, 4) is 0 Å². The number of nitrogens with zero attached hydrogens (tertiary/aromatic N) is 1. The van der Waals surface area contributed by atoms with Crippen molar-refractivity contribution in [2.75, 3.05) is 18.4 Å². The van der Waals surface area contributed by atoms with Gasteiger partial charge in [0.15, 0.2) is 0 Å². The Balaban J connectivity index is 2.25. The predicted octanol–water partition coefficient (Wildman–Crippen LogP) is 4.22. The molecule has 0 aliphatic carbocycles. The number of rotatable bonds is 4. The number of nitrogens with one attached hydrogen (secondary N) is 1. The summed E-state index contributed by atoms with van der Waals surface area (Å²) in [5.41, 5.74) is 2.95. The predicted molar refractivity (Wildman–Crippen MR) is 88.9 cm³/mol. The largest absolute Gasteiger partial charge is 0.384 e. The number of amides is 1. The van der Waals surface area contributed by atoms with Gasteiger partial charge in [-0.05, 0) is 45.2 Å². The van der Waals surface area contributed by atoms with Crippen molar-refractivity contribution in [3.05, 3.63) is 29.3 Å². The van der Waals surface area contributed by atoms with Gasteiger partial charge in [0.05, 0.1) is 5.56 Å². The Bertz CT molecular complexity index is 484. The third-order valence-electron chi connectivity index (χ3n) is 4.28. The first-order valence-corrected chi connectivity index (χ1v) is 8.29. The molecule has 1 aliphatic rings. The summed E-state index contributed by atoms with van der Waals surface area (Å²) in [7, 11) is 0. The number of carbonyl (C=O) groups excluding carboxylic acids is 1. The van der Waals surface area contributed by atoms with Crippen molar-refractivity contribution in [2.24, 2.45) is 0 Å². The lowest BCUT2D eigenvalue weighted by molar-refractivity contribution is 0.0699. The van der Waals surface area contributed by atoms with Crippen molar-refractivity contribution in [1.82, 2.24) is 4.90 Å². The molecule has 0 spiro atoms. The number of benzene rings is 1. The third-order valence-corrected chi connectivity index (χ3v) is 4.28. The Labute approximate surface area is 128 Å². The van der Waals surface area contributed by atoms with E-state index in [4.69, 9.17) is 0 Å². The average molecular weight is 288 g/mol. The van der Waals surface area contributed by atoms with Crippen LogP contribution in [0.15, 0.2) is 18.2 Å². The van der Waals surface area contributed by atoms with E-state index < -0.39 is 0 Å². The number of hydrogen-bond acceptors (Lipinski definition) is 2. The maximum Gasteiger partial charge on any atom is 0.256 e. The van der Waals surface area contributed by atoms with Crippen LogP contribution in [0.25, 0.3) is 0 Å². The molecule has 1 saturated heterocycles. The zero-order valence-corrected chi connectivity index (χ0v) is 13.6. The van der Waals surface area contributed by atoms with Gasteiger partial charge in [0.2, 0.25) is 0 Å². The van der Waals surface area contributed by atoms with Crippen LogP contribution in [-0.2, 0) is 0 Å². The van der Waals surface area contributed by atoms with Crippen LogP contribution >= 0.6 is 0 Å². The fraction of sp³-hybridized carbons (Fsp3) is 0.611. The highest BCUT2D eigenvalue weighted by molar-refractivity contribution is 6.00. The molecule has 21 heavy (non-hydrogen) atoms. The fourth-order valence-electron chi connectivity index (χ4n) is 2.98. The highest BCUT2D eigenvalue weighted by Crippen LogP contribution is 2.24. The molecule has 116 valence electrons. The monoisotopic (exact) mass is 288 g/mol. The first kappa shape index (κ1) is 15.9. The molecule has 3 heteroatoms. The van der Waals surface area contributed by atoms with Gasteiger partial charge in [-0.15, -0.1) is 0 Å². The number of carbonyl (C=O) groups is 1. The number of anilines is 1. The van der Waals surface area contributed by atoms with Crippen molar-refractivity contribution < 1.29 is 4.79 Å². The molecule has 3 nitrogen and oxygen atoms in total. The molecule has 0 saturated carbocycles. The highest BCUT2D eigenvalue weighted by atomic mass is 16.2. The Morgan fingerprint density at radius 3 is 2.90 bits per heavy atom. The minimum atomic E-state index is 0.187. The number of hydrogen-bond donors (Lipinski definition) is 1. The summed E-state index contributed by atoms with van der Waals surface area (Å²) in [5, 5.41) is 3.39. The van der Waals surface area contributed by atoms with Crippen molar-refractivity contribution in [2.45, 2.75) is 58.9 Å². The topological polar surface area (TPSA) is 32.3 Å². The summed E-state index contributed by atoms with van der Waals surface area (Å²) in [5.74, 6) is 0.187. The van der Waals surface area contributed by atoms with Crippen molar-refractivity contribution in [3.63, 3.8) is 0 Å². The zero-order valence-electron chi connectivity index (χ0n) is 13.6. The average Bonchev–Trinajstić information content (AvgIpc) is 2.70. The van der Waals surface area contributed by atoms with Gasteiger partial charge in [-0.25, -0.2) is 0 Å². The third kappa shape index (κ3) is 3.99. The van der Waals surface area contributed by atoms with Gasteiger partial charge in [-0.1, -0.05) is 31.4 Å². The van der Waals surface area contributed by atoms with E-state index in [-0.39, 0.29) is 5.91 Å². The van der Waals surface area contributed by atoms with Gasteiger partial charge in [-0.3, -0.25) is 4.79 Å². The van der Waals surface area contributed by atoms with Crippen LogP contribution in [0.2, 0.25) is 0 Å². The van der Waals surface area contributed by atoms with Gasteiger partial charge in [0, 0.05) is 24.8 Å². The minimum Gasteiger partial charge on any atom is -0.384 e. The van der Waals surface area contributed by atoms with Crippen LogP contribution in [0.1, 0.15) is 61.9 Å². The van der Waals surface area contributed by atoms with E-state index in [1.165, 1.54) is 12.8 Å². The SMILES string of the molecule is CCCNc1ccc(C)cc1C(=O)N1CCCCCC1C. The second-order valence-corrected chi connectivity index (χ2v) is 6.17. The second-order valence-electron chi connectivity index (χ2n) is 6.17. The molecule has 1 N–H and O–H groups in total. The van der Waals surface area contributed by atoms with Crippen LogP contribution in [-0.4, -0.2) is 29.9 Å². The Kier molecular flexibility index (Phi) is 5.66. The summed E-state index contributed by atoms with van der Waals surface area (Å²) in [6.07, 6.45) is 5.78. The molecule has 0 bridgehead atoms. The van der Waals surface area contributed by atoms with E-state index in [0.717, 1.165) is 49.2 Å². The van der Waals surface area contributed by atoms with Crippen LogP contribution < -0.4 is 5.32 Å². The first-order chi connectivity index (χ1) is 10.1. The van der Waals surface area contributed by atoms with Gasteiger partial charge in [-0.2, -0.15) is 0 Å². The van der Waals surface area contributed by atoms with Crippen LogP contribution in [0.4, 0.5) is 5.69 Å². The van der Waals surface area contributed by atoms with Gasteiger partial charge < -0.3 is 10.2 Å². The highest BCUT2D eigenvalue weighted by Gasteiger charge is 2.24. The van der Waals surface area contributed by atoms with Gasteiger partial charge in [0.25, 0.3) is 5.91 Å². The van der Waals surface area contributed by atoms with Crippen LogP contribution in [0.5, 0.6) is 0 Å². The molecule has 2 rings (SSSR count). The summed E-state index contributed by atoms with van der Waals surface area (Å²) in [6, 6.07) is 6.48. The summed E-state index contributed by atoms with van der Waals surface area (Å²) in [6.45, 7) is 8.16. The summed E-state index contributed by atoms with van der Waals surface area (Å²) in [4.78, 5) is 15.1. The lowest BCUT2D eigenvalue weighted by Gasteiger charge is -2.28. The molecule has 0 aromatic heterocycles. The quantitative estimate of drug-likeness (QED) is 0.899. The molecular weight excluding hydrogens is 260 g/mol. The van der Waals surface area contributed by atoms with Crippen molar-refractivity contribution >= 4 is 11.6 Å². The van der Waals surface area contributed by atoms with E-state index in [1.54, 1.807) is 0 Å². The zero-order chi connectivity index (χ0) is 15.2. The molecule has 1 aliphatic heterocycles. The molecule has 1 amide bonds. The molecule has 1 unspecified atom stereocenters. The van der Waals surface area contributed by atoms with E-state index >= 15 is 0 Å². The smallest absolute Gasteiger partial charge is 0.256 e. The Morgan fingerprint density at radius 1 is 1.33 bits per heavy atom. The number of likely N-dealkylation sites (tertiary alicyclic amines) is 1. The van der Waals surface area contributed by atoms with Gasteiger partial charge >= 0.3 is 0 Å². The normalized spacial score (nSPS) is 19.2. The van der Waals surface area contributed by atoms with E-state index in [0.29, 0.717) is 6.04 Å². The van der Waals surface area contributed by atoms with E-state index in [2.05, 4.69) is 30.1 Å². The Hall–Kier alpha value is -1.51. The van der Waals surface area contributed by atoms with E-state index in [9.17, 15) is 4.79 Å².